The Bertz CT molecular complexity index is 751. The number of rotatable bonds is 8. The van der Waals surface area contributed by atoms with Gasteiger partial charge in [0.2, 0.25) is 11.8 Å². The van der Waals surface area contributed by atoms with Crippen molar-refractivity contribution in [2.75, 3.05) is 32.0 Å². The maximum Gasteiger partial charge on any atom is 0.238 e. The average Bonchev–Trinajstić information content (AvgIpc) is 2.56. The zero-order chi connectivity index (χ0) is 18.9. The van der Waals surface area contributed by atoms with Crippen LogP contribution in [-0.2, 0) is 16.0 Å². The molecule has 0 aliphatic rings. The number of nitrogens with zero attached hydrogens (tertiary/aromatic N) is 1. The van der Waals surface area contributed by atoms with E-state index < -0.39 is 5.82 Å². The van der Waals surface area contributed by atoms with Gasteiger partial charge in [0.05, 0.1) is 13.1 Å². The zero-order valence-electron chi connectivity index (χ0n) is 14.5. The maximum atomic E-state index is 13.1. The van der Waals surface area contributed by atoms with E-state index >= 15 is 0 Å². The van der Waals surface area contributed by atoms with E-state index in [1.165, 1.54) is 30.3 Å². The number of hydrogen-bond donors (Lipinski definition) is 2. The Kier molecular flexibility index (Phi) is 7.23. The van der Waals surface area contributed by atoms with E-state index in [-0.39, 0.29) is 30.7 Å². The van der Waals surface area contributed by atoms with Gasteiger partial charge in [0.25, 0.3) is 0 Å². The summed E-state index contributed by atoms with van der Waals surface area (Å²) in [6.07, 6.45) is 0.593. The Labute approximate surface area is 151 Å². The van der Waals surface area contributed by atoms with E-state index in [4.69, 9.17) is 0 Å². The number of halogens is 2. The SMILES string of the molecule is CN(CC(=O)NCCc1ccc(F)cc1)CC(=O)Nc1cccc(F)c1. The van der Waals surface area contributed by atoms with Crippen molar-refractivity contribution in [3.63, 3.8) is 0 Å². The molecule has 2 amide bonds. The molecule has 0 saturated carbocycles. The van der Waals surface area contributed by atoms with Gasteiger partial charge in [-0.15, -0.1) is 0 Å². The van der Waals surface area contributed by atoms with Crippen molar-refractivity contribution in [1.82, 2.24) is 10.2 Å². The van der Waals surface area contributed by atoms with Crippen molar-refractivity contribution >= 4 is 17.5 Å². The summed E-state index contributed by atoms with van der Waals surface area (Å²) >= 11 is 0. The molecule has 0 fully saturated rings. The second-order valence-corrected chi connectivity index (χ2v) is 5.96. The molecule has 2 N–H and O–H groups in total. The van der Waals surface area contributed by atoms with Crippen LogP contribution in [0.5, 0.6) is 0 Å². The molecule has 0 aliphatic heterocycles. The van der Waals surface area contributed by atoms with E-state index in [0.717, 1.165) is 5.56 Å². The van der Waals surface area contributed by atoms with Gasteiger partial charge in [-0.2, -0.15) is 0 Å². The van der Waals surface area contributed by atoms with Crippen LogP contribution in [0.3, 0.4) is 0 Å². The Morgan fingerprint density at radius 3 is 2.35 bits per heavy atom. The lowest BCUT2D eigenvalue weighted by Gasteiger charge is -2.16. The van der Waals surface area contributed by atoms with E-state index in [2.05, 4.69) is 10.6 Å². The van der Waals surface area contributed by atoms with Gasteiger partial charge in [0.1, 0.15) is 11.6 Å². The van der Waals surface area contributed by atoms with Gasteiger partial charge < -0.3 is 10.6 Å². The lowest BCUT2D eigenvalue weighted by atomic mass is 10.1. The van der Waals surface area contributed by atoms with Gasteiger partial charge in [-0.25, -0.2) is 8.78 Å². The van der Waals surface area contributed by atoms with Gasteiger partial charge in [-0.3, -0.25) is 14.5 Å². The average molecular weight is 361 g/mol. The normalized spacial score (nSPS) is 10.6. The zero-order valence-corrected chi connectivity index (χ0v) is 14.5. The van der Waals surface area contributed by atoms with Crippen LogP contribution in [0.25, 0.3) is 0 Å². The molecule has 2 aromatic carbocycles. The van der Waals surface area contributed by atoms with Crippen molar-refractivity contribution < 1.29 is 18.4 Å². The second-order valence-electron chi connectivity index (χ2n) is 5.96. The molecule has 0 heterocycles. The molecule has 0 aromatic heterocycles. The highest BCUT2D eigenvalue weighted by Gasteiger charge is 2.11. The number of anilines is 1. The number of nitrogens with one attached hydrogen (secondary N) is 2. The summed E-state index contributed by atoms with van der Waals surface area (Å²) in [6.45, 7) is 0.482. The fraction of sp³-hybridized carbons (Fsp3) is 0.263. The highest BCUT2D eigenvalue weighted by atomic mass is 19.1. The minimum atomic E-state index is -0.434. The third-order valence-corrected chi connectivity index (χ3v) is 3.58. The lowest BCUT2D eigenvalue weighted by Crippen LogP contribution is -2.39. The number of carbonyl (C=O) groups excluding carboxylic acids is 2. The van der Waals surface area contributed by atoms with E-state index in [9.17, 15) is 18.4 Å². The van der Waals surface area contributed by atoms with Crippen LogP contribution in [0.15, 0.2) is 48.5 Å². The maximum absolute atomic E-state index is 13.1. The summed E-state index contributed by atoms with van der Waals surface area (Å²) in [4.78, 5) is 25.4. The van der Waals surface area contributed by atoms with Crippen LogP contribution < -0.4 is 10.6 Å². The molecule has 0 unspecified atom stereocenters. The monoisotopic (exact) mass is 361 g/mol. The molecule has 0 aliphatic carbocycles. The summed E-state index contributed by atoms with van der Waals surface area (Å²) < 4.78 is 25.9. The summed E-state index contributed by atoms with van der Waals surface area (Å²) in [5, 5.41) is 5.32. The standard InChI is InChI=1S/C19H21F2N3O2/c1-24(13-19(26)23-17-4-2-3-16(21)11-17)12-18(25)22-10-9-14-5-7-15(20)8-6-14/h2-8,11H,9-10,12-13H2,1H3,(H,22,25)(H,23,26). The molecule has 2 aromatic rings. The van der Waals surface area contributed by atoms with Gasteiger partial charge in [0.15, 0.2) is 0 Å². The Hall–Kier alpha value is -2.80. The Morgan fingerprint density at radius 2 is 1.65 bits per heavy atom. The fourth-order valence-corrected chi connectivity index (χ4v) is 2.37. The van der Waals surface area contributed by atoms with Crippen LogP contribution in [-0.4, -0.2) is 43.4 Å². The molecule has 0 atom stereocenters. The molecular weight excluding hydrogens is 340 g/mol. The van der Waals surface area contributed by atoms with Crippen molar-refractivity contribution in [2.45, 2.75) is 6.42 Å². The highest BCUT2D eigenvalue weighted by Crippen LogP contribution is 2.08. The molecule has 0 bridgehead atoms. The molecule has 26 heavy (non-hydrogen) atoms. The first-order valence-corrected chi connectivity index (χ1v) is 8.17. The molecule has 0 radical (unpaired) electrons. The second kappa shape index (κ2) is 9.62. The van der Waals surface area contributed by atoms with E-state index in [1.807, 2.05) is 0 Å². The largest absolute Gasteiger partial charge is 0.355 e. The topological polar surface area (TPSA) is 61.4 Å². The summed E-state index contributed by atoms with van der Waals surface area (Å²) in [5.41, 5.74) is 1.29. The van der Waals surface area contributed by atoms with Crippen molar-refractivity contribution in [3.8, 4) is 0 Å². The first-order chi connectivity index (χ1) is 12.4. The summed E-state index contributed by atoms with van der Waals surface area (Å²) in [6, 6.07) is 11.7. The van der Waals surface area contributed by atoms with E-state index in [0.29, 0.717) is 18.7 Å². The van der Waals surface area contributed by atoms with Crippen LogP contribution in [0.4, 0.5) is 14.5 Å². The molecule has 0 spiro atoms. The number of hydrogen-bond acceptors (Lipinski definition) is 3. The van der Waals surface area contributed by atoms with Gasteiger partial charge in [0, 0.05) is 12.2 Å². The number of amides is 2. The van der Waals surface area contributed by atoms with Gasteiger partial charge in [-0.05, 0) is 49.4 Å². The fourth-order valence-electron chi connectivity index (χ4n) is 2.37. The minimum absolute atomic E-state index is 0.00188. The van der Waals surface area contributed by atoms with E-state index in [1.54, 1.807) is 30.1 Å². The summed E-state index contributed by atoms with van der Waals surface area (Å²) in [5.74, 6) is -1.28. The molecule has 5 nitrogen and oxygen atoms in total. The molecule has 138 valence electrons. The third-order valence-electron chi connectivity index (χ3n) is 3.58. The first-order valence-electron chi connectivity index (χ1n) is 8.17. The predicted octanol–water partition coefficient (Wildman–Crippen LogP) is 2.19. The molecular formula is C19H21F2N3O2. The van der Waals surface area contributed by atoms with Gasteiger partial charge in [-0.1, -0.05) is 18.2 Å². The van der Waals surface area contributed by atoms with Crippen LogP contribution in [0.2, 0.25) is 0 Å². The summed E-state index contributed by atoms with van der Waals surface area (Å²) in [7, 11) is 1.64. The third kappa shape index (κ3) is 6.98. The van der Waals surface area contributed by atoms with Gasteiger partial charge >= 0.3 is 0 Å². The van der Waals surface area contributed by atoms with Crippen LogP contribution in [0.1, 0.15) is 5.56 Å². The quantitative estimate of drug-likeness (QED) is 0.758. The first kappa shape index (κ1) is 19.5. The van der Waals surface area contributed by atoms with Crippen LogP contribution >= 0.6 is 0 Å². The predicted molar refractivity (Wildman–Crippen MR) is 95.6 cm³/mol. The number of likely N-dealkylation sites (N-methyl/N-ethyl adjacent to an activating group) is 1. The van der Waals surface area contributed by atoms with Crippen molar-refractivity contribution in [2.24, 2.45) is 0 Å². The van der Waals surface area contributed by atoms with Crippen molar-refractivity contribution in [3.05, 3.63) is 65.7 Å². The molecule has 0 saturated heterocycles. The Balaban J connectivity index is 1.67. The minimum Gasteiger partial charge on any atom is -0.355 e. The number of carbonyl (C=O) groups is 2. The number of benzene rings is 2. The van der Waals surface area contributed by atoms with Crippen LogP contribution in [0, 0.1) is 11.6 Å². The highest BCUT2D eigenvalue weighted by molar-refractivity contribution is 5.92. The lowest BCUT2D eigenvalue weighted by molar-refractivity contribution is -0.122. The molecule has 7 heteroatoms. The van der Waals surface area contributed by atoms with Crippen molar-refractivity contribution in [1.29, 1.82) is 0 Å². The Morgan fingerprint density at radius 1 is 0.962 bits per heavy atom. The molecule has 2 rings (SSSR count). The smallest absolute Gasteiger partial charge is 0.238 e.